The molecule has 1 rings (SSSR count). The summed E-state index contributed by atoms with van der Waals surface area (Å²) >= 11 is 0. The lowest BCUT2D eigenvalue weighted by Gasteiger charge is -2.06. The van der Waals surface area contributed by atoms with Gasteiger partial charge in [-0.05, 0) is 26.0 Å². The molecule has 0 bridgehead atoms. The number of hydrogen-bond donors (Lipinski definition) is 1. The molecule has 0 unspecified atom stereocenters. The fraction of sp³-hybridized carbons (Fsp3) is 0.700. The molecular formula is C10H19N3O. The Balaban J connectivity index is 2.17. The molecule has 14 heavy (non-hydrogen) atoms. The number of nitrogens with zero attached hydrogens (tertiary/aromatic N) is 2. The maximum absolute atomic E-state index is 4.97. The maximum Gasteiger partial charge on any atom is 0.0521 e. The van der Waals surface area contributed by atoms with E-state index in [1.165, 1.54) is 5.69 Å². The van der Waals surface area contributed by atoms with Crippen LogP contribution in [0.5, 0.6) is 0 Å². The third-order valence-corrected chi connectivity index (χ3v) is 2.11. The smallest absolute Gasteiger partial charge is 0.0521 e. The van der Waals surface area contributed by atoms with E-state index in [2.05, 4.69) is 17.3 Å². The van der Waals surface area contributed by atoms with E-state index in [4.69, 9.17) is 4.74 Å². The first kappa shape index (κ1) is 11.2. The zero-order valence-electron chi connectivity index (χ0n) is 8.99. The van der Waals surface area contributed by atoms with Gasteiger partial charge in [0.25, 0.3) is 0 Å². The summed E-state index contributed by atoms with van der Waals surface area (Å²) < 4.78 is 6.97. The van der Waals surface area contributed by atoms with Gasteiger partial charge < -0.3 is 10.1 Å². The second kappa shape index (κ2) is 6.56. The number of nitrogens with one attached hydrogen (secondary N) is 1. The summed E-state index contributed by atoms with van der Waals surface area (Å²) in [5.41, 5.74) is 1.24. The molecule has 0 spiro atoms. The zero-order valence-corrected chi connectivity index (χ0v) is 8.99. The fourth-order valence-electron chi connectivity index (χ4n) is 1.35. The lowest BCUT2D eigenvalue weighted by molar-refractivity contribution is 0.194. The Bertz CT molecular complexity index is 247. The van der Waals surface area contributed by atoms with Crippen molar-refractivity contribution in [2.75, 3.05) is 20.3 Å². The van der Waals surface area contributed by atoms with Gasteiger partial charge in [-0.2, -0.15) is 5.10 Å². The van der Waals surface area contributed by atoms with E-state index in [1.807, 2.05) is 16.9 Å². The summed E-state index contributed by atoms with van der Waals surface area (Å²) in [4.78, 5) is 0. The van der Waals surface area contributed by atoms with Gasteiger partial charge in [0.15, 0.2) is 0 Å². The minimum Gasteiger partial charge on any atom is -0.385 e. The van der Waals surface area contributed by atoms with Gasteiger partial charge in [-0.15, -0.1) is 0 Å². The van der Waals surface area contributed by atoms with Crippen LogP contribution in [0.4, 0.5) is 0 Å². The van der Waals surface area contributed by atoms with Gasteiger partial charge in [0, 0.05) is 33.0 Å². The van der Waals surface area contributed by atoms with E-state index in [9.17, 15) is 0 Å². The van der Waals surface area contributed by atoms with Gasteiger partial charge in [-0.1, -0.05) is 0 Å². The van der Waals surface area contributed by atoms with Crippen LogP contribution in [0.15, 0.2) is 12.3 Å². The quantitative estimate of drug-likeness (QED) is 0.664. The fourth-order valence-corrected chi connectivity index (χ4v) is 1.35. The summed E-state index contributed by atoms with van der Waals surface area (Å²) in [6, 6.07) is 2.05. The lowest BCUT2D eigenvalue weighted by atomic mass is 10.4. The van der Waals surface area contributed by atoms with Gasteiger partial charge in [-0.25, -0.2) is 0 Å². The van der Waals surface area contributed by atoms with Crippen molar-refractivity contribution in [3.8, 4) is 0 Å². The first-order chi connectivity index (χ1) is 6.88. The van der Waals surface area contributed by atoms with E-state index < -0.39 is 0 Å². The van der Waals surface area contributed by atoms with Crippen molar-refractivity contribution in [1.82, 2.24) is 15.1 Å². The molecule has 0 radical (unpaired) electrons. The number of aryl methyl sites for hydroxylation is 1. The van der Waals surface area contributed by atoms with Crippen LogP contribution < -0.4 is 5.32 Å². The van der Waals surface area contributed by atoms with E-state index in [0.717, 1.165) is 32.7 Å². The highest BCUT2D eigenvalue weighted by atomic mass is 16.5. The third kappa shape index (κ3) is 3.47. The van der Waals surface area contributed by atoms with E-state index >= 15 is 0 Å². The molecule has 1 heterocycles. The molecule has 1 aromatic heterocycles. The minimum atomic E-state index is 0.819. The second-order valence-electron chi connectivity index (χ2n) is 3.16. The molecule has 80 valence electrons. The average Bonchev–Trinajstić information content (AvgIpc) is 2.65. The minimum absolute atomic E-state index is 0.819. The van der Waals surface area contributed by atoms with E-state index in [-0.39, 0.29) is 0 Å². The molecule has 0 saturated heterocycles. The molecule has 0 aliphatic carbocycles. The maximum atomic E-state index is 4.97. The highest BCUT2D eigenvalue weighted by molar-refractivity contribution is 4.99. The summed E-state index contributed by atoms with van der Waals surface area (Å²) in [5, 5.41) is 7.56. The highest BCUT2D eigenvalue weighted by Crippen LogP contribution is 1.97. The topological polar surface area (TPSA) is 39.1 Å². The number of hydrogen-bond acceptors (Lipinski definition) is 3. The molecule has 0 aliphatic rings. The number of aromatic nitrogens is 2. The molecule has 4 heteroatoms. The summed E-state index contributed by atoms with van der Waals surface area (Å²) in [5.74, 6) is 0. The Kier molecular flexibility index (Phi) is 5.25. The Morgan fingerprint density at radius 2 is 2.43 bits per heavy atom. The van der Waals surface area contributed by atoms with Crippen LogP contribution in [0, 0.1) is 0 Å². The van der Waals surface area contributed by atoms with E-state index in [1.54, 1.807) is 7.11 Å². The van der Waals surface area contributed by atoms with Gasteiger partial charge in [-0.3, -0.25) is 4.68 Å². The molecule has 0 amide bonds. The van der Waals surface area contributed by atoms with Gasteiger partial charge in [0.05, 0.1) is 5.69 Å². The predicted octanol–water partition coefficient (Wildman–Crippen LogP) is 1.03. The Morgan fingerprint density at radius 3 is 3.14 bits per heavy atom. The van der Waals surface area contributed by atoms with Crippen molar-refractivity contribution in [3.63, 3.8) is 0 Å². The monoisotopic (exact) mass is 197 g/mol. The molecular weight excluding hydrogens is 178 g/mol. The van der Waals surface area contributed by atoms with Gasteiger partial charge in [0.1, 0.15) is 0 Å². The van der Waals surface area contributed by atoms with Crippen molar-refractivity contribution < 1.29 is 4.74 Å². The molecule has 0 atom stereocenters. The number of methoxy groups -OCH3 is 1. The van der Waals surface area contributed by atoms with E-state index in [0.29, 0.717) is 0 Å². The second-order valence-corrected chi connectivity index (χ2v) is 3.16. The van der Waals surface area contributed by atoms with Crippen molar-refractivity contribution in [2.24, 2.45) is 0 Å². The largest absolute Gasteiger partial charge is 0.385 e. The highest BCUT2D eigenvalue weighted by Gasteiger charge is 1.98. The van der Waals surface area contributed by atoms with Gasteiger partial charge >= 0.3 is 0 Å². The van der Waals surface area contributed by atoms with Crippen LogP contribution in [0.25, 0.3) is 0 Å². The Hall–Kier alpha value is -0.870. The Morgan fingerprint density at radius 1 is 1.57 bits per heavy atom. The summed E-state index contributed by atoms with van der Waals surface area (Å²) in [6.07, 6.45) is 2.90. The number of ether oxygens (including phenoxy) is 1. The first-order valence-electron chi connectivity index (χ1n) is 5.08. The van der Waals surface area contributed by atoms with Gasteiger partial charge in [0.2, 0.25) is 0 Å². The molecule has 1 N–H and O–H groups in total. The molecule has 0 aliphatic heterocycles. The van der Waals surface area contributed by atoms with Crippen molar-refractivity contribution in [1.29, 1.82) is 0 Å². The van der Waals surface area contributed by atoms with Crippen LogP contribution in [0.3, 0.4) is 0 Å². The third-order valence-electron chi connectivity index (χ3n) is 2.11. The standard InChI is InChI=1S/C10H19N3O/c1-3-13-10(5-7-12-13)9-11-6-4-8-14-2/h5,7,11H,3-4,6,8-9H2,1-2H3. The molecule has 4 nitrogen and oxygen atoms in total. The predicted molar refractivity (Wildman–Crippen MR) is 56.1 cm³/mol. The van der Waals surface area contributed by atoms with Crippen molar-refractivity contribution in [2.45, 2.75) is 26.4 Å². The number of rotatable bonds is 7. The summed E-state index contributed by atoms with van der Waals surface area (Å²) in [6.45, 7) is 5.73. The molecule has 1 aromatic rings. The van der Waals surface area contributed by atoms with Crippen LogP contribution >= 0.6 is 0 Å². The van der Waals surface area contributed by atoms with Crippen LogP contribution in [0.1, 0.15) is 19.0 Å². The van der Waals surface area contributed by atoms with Crippen LogP contribution in [0.2, 0.25) is 0 Å². The zero-order chi connectivity index (χ0) is 10.2. The van der Waals surface area contributed by atoms with Crippen molar-refractivity contribution in [3.05, 3.63) is 18.0 Å². The Labute approximate surface area is 85.3 Å². The first-order valence-corrected chi connectivity index (χ1v) is 5.08. The molecule has 0 aromatic carbocycles. The molecule has 0 fully saturated rings. The van der Waals surface area contributed by atoms with Crippen molar-refractivity contribution >= 4 is 0 Å². The van der Waals surface area contributed by atoms with Crippen LogP contribution in [-0.2, 0) is 17.8 Å². The SMILES string of the molecule is CCn1nccc1CNCCCOC. The summed E-state index contributed by atoms with van der Waals surface area (Å²) in [7, 11) is 1.73. The molecule has 0 saturated carbocycles. The van der Waals surface area contributed by atoms with Crippen LogP contribution in [-0.4, -0.2) is 30.0 Å². The lowest BCUT2D eigenvalue weighted by Crippen LogP contribution is -2.18. The average molecular weight is 197 g/mol. The normalized spacial score (nSPS) is 10.7.